The number of hydrogen-bond acceptors (Lipinski definition) is 7. The first kappa shape index (κ1) is 21.1. The highest BCUT2D eigenvalue weighted by Gasteiger charge is 2.39. The molecule has 170 valence electrons. The lowest BCUT2D eigenvalue weighted by molar-refractivity contribution is -0.136. The molecule has 1 fully saturated rings. The summed E-state index contributed by atoms with van der Waals surface area (Å²) in [7, 11) is 0. The Morgan fingerprint density at radius 3 is 2.91 bits per heavy atom. The predicted octanol–water partition coefficient (Wildman–Crippen LogP) is 0.110. The molecule has 4 heterocycles. The second kappa shape index (κ2) is 8.28. The number of anilines is 1. The van der Waals surface area contributed by atoms with Crippen molar-refractivity contribution >= 4 is 29.3 Å². The number of carbonyl (C=O) groups excluding carboxylic acids is 4. The van der Waals surface area contributed by atoms with Crippen molar-refractivity contribution in [3.8, 4) is 18.0 Å². The molecule has 1 aromatic carbocycles. The Hall–Kier alpha value is -4.79. The van der Waals surface area contributed by atoms with Crippen molar-refractivity contribution in [1.29, 1.82) is 0 Å². The molecule has 4 amide bonds. The Morgan fingerprint density at radius 1 is 1.26 bits per heavy atom. The number of nitrogens with zero attached hydrogens (tertiary/aromatic N) is 6. The minimum atomic E-state index is -0.687. The first-order valence-corrected chi connectivity index (χ1v) is 10.4. The SMILES string of the molecule is C#CCn1cc(NC(=O)c2cn(-c3ccc4c(c3)C(=O)N(C3CCC(=O)NC3=O)C4)nn2)cn1. The highest BCUT2D eigenvalue weighted by molar-refractivity contribution is 6.05. The summed E-state index contributed by atoms with van der Waals surface area (Å²) in [6.07, 6.45) is 10.2. The number of amides is 4. The van der Waals surface area contributed by atoms with Crippen LogP contribution in [0.1, 0.15) is 39.3 Å². The Balaban J connectivity index is 1.31. The second-order valence-electron chi connectivity index (χ2n) is 7.87. The third kappa shape index (κ3) is 3.79. The molecule has 5 rings (SSSR count). The first-order valence-electron chi connectivity index (χ1n) is 10.4. The maximum Gasteiger partial charge on any atom is 0.277 e. The quantitative estimate of drug-likeness (QED) is 0.408. The fourth-order valence-corrected chi connectivity index (χ4v) is 3.98. The van der Waals surface area contributed by atoms with E-state index in [0.717, 1.165) is 5.56 Å². The van der Waals surface area contributed by atoms with E-state index in [1.165, 1.54) is 26.7 Å². The number of nitrogens with one attached hydrogen (secondary N) is 2. The number of hydrogen-bond donors (Lipinski definition) is 2. The molecular formula is C22H18N8O4. The Labute approximate surface area is 192 Å². The number of fused-ring (bicyclic) bond motifs is 1. The monoisotopic (exact) mass is 458 g/mol. The Bertz CT molecular complexity index is 1380. The number of imide groups is 1. The van der Waals surface area contributed by atoms with E-state index in [1.807, 2.05) is 0 Å². The largest absolute Gasteiger partial charge is 0.322 e. The molecular weight excluding hydrogens is 440 g/mol. The first-order chi connectivity index (χ1) is 16.4. The van der Waals surface area contributed by atoms with Gasteiger partial charge in [0.05, 0.1) is 23.8 Å². The van der Waals surface area contributed by atoms with Crippen LogP contribution in [0.5, 0.6) is 0 Å². The van der Waals surface area contributed by atoms with Crippen LogP contribution in [0.15, 0.2) is 36.8 Å². The van der Waals surface area contributed by atoms with Crippen molar-refractivity contribution in [3.63, 3.8) is 0 Å². The summed E-state index contributed by atoms with van der Waals surface area (Å²) in [6, 6.07) is 4.48. The van der Waals surface area contributed by atoms with Crippen LogP contribution in [0.2, 0.25) is 0 Å². The highest BCUT2D eigenvalue weighted by Crippen LogP contribution is 2.29. The zero-order chi connectivity index (χ0) is 23.8. The molecule has 1 unspecified atom stereocenters. The van der Waals surface area contributed by atoms with E-state index in [0.29, 0.717) is 23.4 Å². The molecule has 1 saturated heterocycles. The van der Waals surface area contributed by atoms with Crippen LogP contribution in [-0.4, -0.2) is 59.3 Å². The van der Waals surface area contributed by atoms with Crippen LogP contribution in [0.3, 0.4) is 0 Å². The van der Waals surface area contributed by atoms with Crippen LogP contribution in [0, 0.1) is 12.3 Å². The van der Waals surface area contributed by atoms with Crippen molar-refractivity contribution in [2.75, 3.05) is 5.32 Å². The molecule has 0 spiro atoms. The zero-order valence-corrected chi connectivity index (χ0v) is 17.8. The van der Waals surface area contributed by atoms with Gasteiger partial charge in [0.25, 0.3) is 11.8 Å². The summed E-state index contributed by atoms with van der Waals surface area (Å²) < 4.78 is 2.89. The van der Waals surface area contributed by atoms with Crippen molar-refractivity contribution in [2.24, 2.45) is 0 Å². The van der Waals surface area contributed by atoms with Crippen LogP contribution in [-0.2, 0) is 22.7 Å². The van der Waals surface area contributed by atoms with Crippen molar-refractivity contribution in [1.82, 2.24) is 35.0 Å². The van der Waals surface area contributed by atoms with E-state index in [2.05, 4.69) is 32.0 Å². The molecule has 12 heteroatoms. The highest BCUT2D eigenvalue weighted by atomic mass is 16.2. The zero-order valence-electron chi connectivity index (χ0n) is 17.8. The molecule has 1 atom stereocenters. The van der Waals surface area contributed by atoms with Gasteiger partial charge in [-0.3, -0.25) is 29.2 Å². The number of piperidine rings is 1. The molecule has 12 nitrogen and oxygen atoms in total. The van der Waals surface area contributed by atoms with Gasteiger partial charge in [0, 0.05) is 24.7 Å². The van der Waals surface area contributed by atoms with Gasteiger partial charge < -0.3 is 10.2 Å². The van der Waals surface area contributed by atoms with Gasteiger partial charge in [0.2, 0.25) is 11.8 Å². The number of benzene rings is 1. The summed E-state index contributed by atoms with van der Waals surface area (Å²) in [5.74, 6) is 0.878. The van der Waals surface area contributed by atoms with E-state index in [9.17, 15) is 19.2 Å². The van der Waals surface area contributed by atoms with Crippen molar-refractivity contribution in [2.45, 2.75) is 32.0 Å². The maximum absolute atomic E-state index is 13.0. The van der Waals surface area contributed by atoms with Gasteiger partial charge in [-0.05, 0) is 24.1 Å². The minimum Gasteiger partial charge on any atom is -0.322 e. The smallest absolute Gasteiger partial charge is 0.277 e. The van der Waals surface area contributed by atoms with Crippen LogP contribution in [0.25, 0.3) is 5.69 Å². The molecule has 0 saturated carbocycles. The predicted molar refractivity (Wildman–Crippen MR) is 116 cm³/mol. The third-order valence-corrected chi connectivity index (χ3v) is 5.65. The summed E-state index contributed by atoms with van der Waals surface area (Å²) in [4.78, 5) is 50.6. The third-order valence-electron chi connectivity index (χ3n) is 5.65. The summed E-state index contributed by atoms with van der Waals surface area (Å²) in [5.41, 5.74) is 2.27. The molecule has 2 aromatic heterocycles. The van der Waals surface area contributed by atoms with E-state index in [-0.39, 0.29) is 37.0 Å². The molecule has 2 aliphatic rings. The minimum absolute atomic E-state index is 0.0710. The van der Waals surface area contributed by atoms with E-state index < -0.39 is 17.9 Å². The summed E-state index contributed by atoms with van der Waals surface area (Å²) in [5, 5.41) is 16.9. The number of terminal acetylenes is 1. The van der Waals surface area contributed by atoms with Gasteiger partial charge in [0.15, 0.2) is 5.69 Å². The topological polar surface area (TPSA) is 144 Å². The molecule has 0 aliphatic carbocycles. The lowest BCUT2D eigenvalue weighted by Gasteiger charge is -2.29. The van der Waals surface area contributed by atoms with E-state index >= 15 is 0 Å². The molecule has 34 heavy (non-hydrogen) atoms. The van der Waals surface area contributed by atoms with Crippen LogP contribution >= 0.6 is 0 Å². The summed E-state index contributed by atoms with van der Waals surface area (Å²) in [6.45, 7) is 0.559. The maximum atomic E-state index is 13.0. The van der Waals surface area contributed by atoms with Crippen LogP contribution < -0.4 is 10.6 Å². The second-order valence-corrected chi connectivity index (χ2v) is 7.87. The van der Waals surface area contributed by atoms with Gasteiger partial charge in [-0.1, -0.05) is 17.2 Å². The number of rotatable bonds is 5. The van der Waals surface area contributed by atoms with Gasteiger partial charge in [0.1, 0.15) is 12.6 Å². The lowest BCUT2D eigenvalue weighted by atomic mass is 10.0. The molecule has 2 N–H and O–H groups in total. The average molecular weight is 458 g/mol. The average Bonchev–Trinajstić information content (AvgIpc) is 3.54. The molecule has 0 bridgehead atoms. The fourth-order valence-electron chi connectivity index (χ4n) is 3.98. The van der Waals surface area contributed by atoms with Gasteiger partial charge in [-0.25, -0.2) is 4.68 Å². The van der Waals surface area contributed by atoms with Crippen LogP contribution in [0.4, 0.5) is 5.69 Å². The van der Waals surface area contributed by atoms with Gasteiger partial charge in [-0.15, -0.1) is 11.5 Å². The molecule has 3 aromatic rings. The lowest BCUT2D eigenvalue weighted by Crippen LogP contribution is -2.52. The summed E-state index contributed by atoms with van der Waals surface area (Å²) >= 11 is 0. The Morgan fingerprint density at radius 2 is 2.12 bits per heavy atom. The molecule has 0 radical (unpaired) electrons. The van der Waals surface area contributed by atoms with Crippen molar-refractivity contribution in [3.05, 3.63) is 53.6 Å². The molecule has 2 aliphatic heterocycles. The fraction of sp³-hybridized carbons (Fsp3) is 0.227. The van der Waals surface area contributed by atoms with Gasteiger partial charge in [-0.2, -0.15) is 5.10 Å². The number of aromatic nitrogens is 5. The normalized spacial score (nSPS) is 17.3. The van der Waals surface area contributed by atoms with Gasteiger partial charge >= 0.3 is 0 Å². The van der Waals surface area contributed by atoms with E-state index in [4.69, 9.17) is 6.42 Å². The number of carbonyl (C=O) groups is 4. The van der Waals surface area contributed by atoms with Crippen molar-refractivity contribution < 1.29 is 19.2 Å². The standard InChI is InChI=1S/C22H18N8O4/c1-2-7-28-11-14(9-23-28)24-20(32)17-12-30(27-26-17)15-4-3-13-10-29(22(34)16(13)8-15)18-5-6-19(31)25-21(18)33/h1,3-4,8-9,11-12,18H,5-7,10H2,(H,24,32)(H,25,31,33). The van der Waals surface area contributed by atoms with E-state index in [1.54, 1.807) is 24.4 Å². The Kier molecular flexibility index (Phi) is 5.14.